The van der Waals surface area contributed by atoms with E-state index in [4.69, 9.17) is 4.42 Å². The van der Waals surface area contributed by atoms with Crippen molar-refractivity contribution >= 4 is 32.6 Å². The Labute approximate surface area is 116 Å². The van der Waals surface area contributed by atoms with E-state index in [1.165, 1.54) is 0 Å². The third-order valence-corrected chi connectivity index (χ3v) is 3.46. The predicted molar refractivity (Wildman–Crippen MR) is 75.2 cm³/mol. The van der Waals surface area contributed by atoms with E-state index in [0.717, 1.165) is 15.8 Å². The van der Waals surface area contributed by atoms with Crippen LogP contribution < -0.4 is 10.0 Å². The second-order valence-corrected chi connectivity index (χ2v) is 7.38. The molecule has 0 aliphatic heterocycles. The van der Waals surface area contributed by atoms with Crippen LogP contribution in [0.25, 0.3) is 0 Å². The zero-order valence-corrected chi connectivity index (χ0v) is 13.1. The van der Waals surface area contributed by atoms with E-state index in [1.54, 1.807) is 0 Å². The summed E-state index contributed by atoms with van der Waals surface area (Å²) in [4.78, 5) is 0. The molecule has 17 heavy (non-hydrogen) atoms. The van der Waals surface area contributed by atoms with E-state index < -0.39 is 15.6 Å². The standard InChI is InChI=1S/C10H17IN2O3S/c1-10(2,13-17(3,14)15)7-12-6-8-4-5-9(11)16-8/h4-5,12-13H,6-7H2,1-3H3. The van der Waals surface area contributed by atoms with Crippen LogP contribution in [0.15, 0.2) is 16.5 Å². The number of furan rings is 1. The van der Waals surface area contributed by atoms with Crippen molar-refractivity contribution in [3.05, 3.63) is 21.7 Å². The Bertz CT molecular complexity index is 468. The Kier molecular flexibility index (Phi) is 4.99. The predicted octanol–water partition coefficient (Wildman–Crippen LogP) is 1.30. The molecule has 1 heterocycles. The normalized spacial score (nSPS) is 12.9. The van der Waals surface area contributed by atoms with Crippen LogP contribution in [0.2, 0.25) is 0 Å². The summed E-state index contributed by atoms with van der Waals surface area (Å²) < 4.78 is 31.0. The minimum Gasteiger partial charge on any atom is -0.454 e. The fourth-order valence-corrected chi connectivity index (χ4v) is 3.02. The molecule has 98 valence electrons. The smallest absolute Gasteiger partial charge is 0.209 e. The van der Waals surface area contributed by atoms with Gasteiger partial charge in [0.05, 0.1) is 12.8 Å². The molecule has 1 rings (SSSR count). The molecule has 0 spiro atoms. The van der Waals surface area contributed by atoms with Crippen molar-refractivity contribution in [1.82, 2.24) is 10.0 Å². The lowest BCUT2D eigenvalue weighted by Crippen LogP contribution is -2.49. The van der Waals surface area contributed by atoms with Gasteiger partial charge in [0.25, 0.3) is 0 Å². The van der Waals surface area contributed by atoms with Crippen molar-refractivity contribution in [2.75, 3.05) is 12.8 Å². The average Bonchev–Trinajstić information content (AvgIpc) is 2.46. The van der Waals surface area contributed by atoms with Gasteiger partial charge in [-0.25, -0.2) is 13.1 Å². The number of sulfonamides is 1. The molecule has 0 fully saturated rings. The van der Waals surface area contributed by atoms with Crippen LogP contribution >= 0.6 is 22.6 Å². The third kappa shape index (κ3) is 6.39. The van der Waals surface area contributed by atoms with Crippen molar-refractivity contribution in [1.29, 1.82) is 0 Å². The quantitative estimate of drug-likeness (QED) is 0.739. The minimum absolute atomic E-state index is 0.521. The molecular formula is C10H17IN2O3S. The van der Waals surface area contributed by atoms with Crippen molar-refractivity contribution in [2.45, 2.75) is 25.9 Å². The maximum Gasteiger partial charge on any atom is 0.209 e. The van der Waals surface area contributed by atoms with Crippen LogP contribution in [0, 0.1) is 3.77 Å². The molecule has 0 atom stereocenters. The van der Waals surface area contributed by atoms with Crippen molar-refractivity contribution in [3.8, 4) is 0 Å². The van der Waals surface area contributed by atoms with E-state index in [9.17, 15) is 8.42 Å². The lowest BCUT2D eigenvalue weighted by Gasteiger charge is -2.25. The van der Waals surface area contributed by atoms with Gasteiger partial charge in [0, 0.05) is 12.1 Å². The number of hydrogen-bond acceptors (Lipinski definition) is 4. The number of halogens is 1. The van der Waals surface area contributed by atoms with Crippen LogP contribution in [0.5, 0.6) is 0 Å². The van der Waals surface area contributed by atoms with Crippen LogP contribution in [0.4, 0.5) is 0 Å². The molecule has 0 aliphatic rings. The van der Waals surface area contributed by atoms with Gasteiger partial charge >= 0.3 is 0 Å². The summed E-state index contributed by atoms with van der Waals surface area (Å²) in [5.41, 5.74) is -0.521. The summed E-state index contributed by atoms with van der Waals surface area (Å²) in [6.45, 7) is 4.76. The van der Waals surface area contributed by atoms with E-state index >= 15 is 0 Å². The van der Waals surface area contributed by atoms with Gasteiger partial charge in [0.2, 0.25) is 10.0 Å². The van der Waals surface area contributed by atoms with Gasteiger partial charge in [0.15, 0.2) is 3.77 Å². The highest BCUT2D eigenvalue weighted by Gasteiger charge is 2.21. The lowest BCUT2D eigenvalue weighted by atomic mass is 10.1. The largest absolute Gasteiger partial charge is 0.454 e. The highest BCUT2D eigenvalue weighted by Crippen LogP contribution is 2.10. The monoisotopic (exact) mass is 372 g/mol. The highest BCUT2D eigenvalue weighted by molar-refractivity contribution is 14.1. The number of rotatable bonds is 6. The first kappa shape index (κ1) is 14.9. The molecule has 0 amide bonds. The van der Waals surface area contributed by atoms with Gasteiger partial charge in [-0.15, -0.1) is 0 Å². The second-order valence-electron chi connectivity index (χ2n) is 4.57. The first-order valence-corrected chi connectivity index (χ1v) is 8.09. The van der Waals surface area contributed by atoms with Gasteiger partial charge in [-0.1, -0.05) is 0 Å². The van der Waals surface area contributed by atoms with Gasteiger partial charge < -0.3 is 9.73 Å². The molecular weight excluding hydrogens is 355 g/mol. The van der Waals surface area contributed by atoms with E-state index in [2.05, 4.69) is 32.6 Å². The highest BCUT2D eigenvalue weighted by atomic mass is 127. The summed E-state index contributed by atoms with van der Waals surface area (Å²) in [6.07, 6.45) is 1.16. The molecule has 0 bridgehead atoms. The molecule has 1 aromatic heterocycles. The Hall–Kier alpha value is -0.120. The first-order chi connectivity index (χ1) is 7.68. The molecule has 0 saturated carbocycles. The second kappa shape index (κ2) is 5.68. The van der Waals surface area contributed by atoms with Crippen LogP contribution in [-0.2, 0) is 16.6 Å². The lowest BCUT2D eigenvalue weighted by molar-refractivity contribution is 0.399. The van der Waals surface area contributed by atoms with Crippen molar-refractivity contribution < 1.29 is 12.8 Å². The summed E-state index contributed by atoms with van der Waals surface area (Å²) in [5, 5.41) is 3.15. The van der Waals surface area contributed by atoms with Crippen LogP contribution in [0.3, 0.4) is 0 Å². The molecule has 2 N–H and O–H groups in total. The van der Waals surface area contributed by atoms with Gasteiger partial charge in [-0.2, -0.15) is 0 Å². The van der Waals surface area contributed by atoms with Gasteiger partial charge in [-0.3, -0.25) is 0 Å². The fourth-order valence-electron chi connectivity index (χ4n) is 1.48. The van der Waals surface area contributed by atoms with Crippen LogP contribution in [0.1, 0.15) is 19.6 Å². The van der Waals surface area contributed by atoms with Crippen LogP contribution in [-0.4, -0.2) is 26.8 Å². The molecule has 0 aliphatic carbocycles. The van der Waals surface area contributed by atoms with Crippen molar-refractivity contribution in [3.63, 3.8) is 0 Å². The van der Waals surface area contributed by atoms with Gasteiger partial charge in [0.1, 0.15) is 5.76 Å². The summed E-state index contributed by atoms with van der Waals surface area (Å²) in [6, 6.07) is 3.78. The number of hydrogen-bond donors (Lipinski definition) is 2. The molecule has 0 unspecified atom stereocenters. The minimum atomic E-state index is -3.19. The molecule has 0 saturated heterocycles. The Morgan fingerprint density at radius 2 is 2.06 bits per heavy atom. The molecule has 5 nitrogen and oxygen atoms in total. The number of nitrogens with one attached hydrogen (secondary N) is 2. The summed E-state index contributed by atoms with van der Waals surface area (Å²) >= 11 is 2.10. The first-order valence-electron chi connectivity index (χ1n) is 5.12. The van der Waals surface area contributed by atoms with Crippen molar-refractivity contribution in [2.24, 2.45) is 0 Å². The van der Waals surface area contributed by atoms with E-state index in [1.807, 2.05) is 26.0 Å². The topological polar surface area (TPSA) is 71.3 Å². The zero-order chi connectivity index (χ0) is 13.1. The maximum absolute atomic E-state index is 11.1. The molecule has 0 aromatic carbocycles. The fraction of sp³-hybridized carbons (Fsp3) is 0.600. The Balaban J connectivity index is 2.40. The molecule has 0 radical (unpaired) electrons. The Morgan fingerprint density at radius 1 is 1.41 bits per heavy atom. The summed E-state index contributed by atoms with van der Waals surface area (Å²) in [5.74, 6) is 0.838. The Morgan fingerprint density at radius 3 is 2.53 bits per heavy atom. The molecule has 1 aromatic rings. The maximum atomic E-state index is 11.1. The SMILES string of the molecule is CC(C)(CNCc1ccc(I)o1)NS(C)(=O)=O. The van der Waals surface area contributed by atoms with E-state index in [0.29, 0.717) is 13.1 Å². The third-order valence-electron chi connectivity index (χ3n) is 1.96. The van der Waals surface area contributed by atoms with E-state index in [-0.39, 0.29) is 0 Å². The zero-order valence-electron chi connectivity index (χ0n) is 10.1. The molecule has 7 heteroatoms. The summed E-state index contributed by atoms with van der Waals surface area (Å²) in [7, 11) is -3.19. The average molecular weight is 372 g/mol. The van der Waals surface area contributed by atoms with Gasteiger partial charge in [-0.05, 0) is 48.6 Å².